The molecule has 0 aliphatic carbocycles. The van der Waals surface area contributed by atoms with Crippen molar-refractivity contribution in [1.29, 1.82) is 0 Å². The molecule has 0 radical (unpaired) electrons. The van der Waals surface area contributed by atoms with Crippen molar-refractivity contribution >= 4 is 29.2 Å². The Hall–Kier alpha value is -3.12. The van der Waals surface area contributed by atoms with E-state index in [1.165, 1.54) is 11.1 Å². The Kier molecular flexibility index (Phi) is 8.28. The second-order valence-electron chi connectivity index (χ2n) is 8.31. The number of hydrogen-bond acceptors (Lipinski definition) is 3. The molecule has 1 heterocycles. The number of guanidine groups is 1. The van der Waals surface area contributed by atoms with Crippen molar-refractivity contribution in [2.24, 2.45) is 4.99 Å². The molecule has 0 unspecified atom stereocenters. The van der Waals surface area contributed by atoms with E-state index in [4.69, 9.17) is 11.6 Å². The van der Waals surface area contributed by atoms with E-state index in [9.17, 15) is 4.79 Å². The van der Waals surface area contributed by atoms with Gasteiger partial charge in [0, 0.05) is 35.1 Å². The number of nitrogens with zero attached hydrogens (tertiary/aromatic N) is 3. The molecule has 3 rings (SSSR count). The van der Waals surface area contributed by atoms with Gasteiger partial charge in [0.25, 0.3) is 5.91 Å². The summed E-state index contributed by atoms with van der Waals surface area (Å²) in [5, 5.41) is 11.3. The largest absolute Gasteiger partial charge is 0.326 e. The van der Waals surface area contributed by atoms with Crippen LogP contribution in [0.15, 0.2) is 53.5 Å². The standard InChI is InChI=1S/C26H32ClN5O/c1-6-32-19(5)24(18(4)31-32)15-16-28-26(29-23-13-9-20(10-14-23)17(2)3)30-25(33)21-7-11-22(27)12-8-21/h7-14,17H,6,15-16H2,1-5H3,(H2,28,29,30,33). The van der Waals surface area contributed by atoms with Crippen LogP contribution in [0.1, 0.15) is 59.6 Å². The van der Waals surface area contributed by atoms with Crippen LogP contribution < -0.4 is 10.6 Å². The van der Waals surface area contributed by atoms with Gasteiger partial charge in [0.05, 0.1) is 5.69 Å². The molecule has 2 aromatic carbocycles. The molecule has 0 atom stereocenters. The van der Waals surface area contributed by atoms with Crippen molar-refractivity contribution in [1.82, 2.24) is 15.1 Å². The molecule has 0 fully saturated rings. The predicted molar refractivity (Wildman–Crippen MR) is 136 cm³/mol. The molecule has 0 spiro atoms. The molecule has 2 N–H and O–H groups in total. The maximum atomic E-state index is 12.8. The fourth-order valence-electron chi connectivity index (χ4n) is 3.66. The number of carbonyl (C=O) groups is 1. The summed E-state index contributed by atoms with van der Waals surface area (Å²) in [5.41, 5.74) is 6.01. The van der Waals surface area contributed by atoms with Gasteiger partial charge in [-0.15, -0.1) is 0 Å². The number of aliphatic imine (C=N–C) groups is 1. The van der Waals surface area contributed by atoms with Crippen LogP contribution in [-0.4, -0.2) is 28.2 Å². The number of anilines is 1. The number of amides is 1. The SMILES string of the molecule is CCn1nc(C)c(CCN=C(NC(=O)c2ccc(Cl)cc2)Nc2ccc(C(C)C)cc2)c1C. The van der Waals surface area contributed by atoms with Crippen LogP contribution in [-0.2, 0) is 13.0 Å². The lowest BCUT2D eigenvalue weighted by atomic mass is 10.0. The summed E-state index contributed by atoms with van der Waals surface area (Å²) < 4.78 is 2.01. The molecular formula is C26H32ClN5O. The average Bonchev–Trinajstić information content (AvgIpc) is 3.07. The minimum absolute atomic E-state index is 0.247. The Bertz CT molecular complexity index is 1110. The lowest BCUT2D eigenvalue weighted by Crippen LogP contribution is -2.36. The van der Waals surface area contributed by atoms with Gasteiger partial charge in [-0.1, -0.05) is 37.6 Å². The van der Waals surface area contributed by atoms with Crippen LogP contribution >= 0.6 is 11.6 Å². The fourth-order valence-corrected chi connectivity index (χ4v) is 3.79. The van der Waals surface area contributed by atoms with Crippen LogP contribution in [0.4, 0.5) is 5.69 Å². The minimum atomic E-state index is -0.247. The Morgan fingerprint density at radius 2 is 1.76 bits per heavy atom. The summed E-state index contributed by atoms with van der Waals surface area (Å²) in [4.78, 5) is 17.5. The van der Waals surface area contributed by atoms with E-state index >= 15 is 0 Å². The zero-order valence-electron chi connectivity index (χ0n) is 19.9. The molecule has 1 aromatic heterocycles. The second-order valence-corrected chi connectivity index (χ2v) is 8.74. The molecule has 7 heteroatoms. The van der Waals surface area contributed by atoms with Crippen molar-refractivity contribution < 1.29 is 4.79 Å². The van der Waals surface area contributed by atoms with Crippen molar-refractivity contribution in [3.63, 3.8) is 0 Å². The molecule has 33 heavy (non-hydrogen) atoms. The normalized spacial score (nSPS) is 11.7. The van der Waals surface area contributed by atoms with Gasteiger partial charge in [0.15, 0.2) is 0 Å². The van der Waals surface area contributed by atoms with Crippen LogP contribution in [0.3, 0.4) is 0 Å². The van der Waals surface area contributed by atoms with E-state index in [2.05, 4.69) is 60.6 Å². The summed E-state index contributed by atoms with van der Waals surface area (Å²) in [6, 6.07) is 14.9. The lowest BCUT2D eigenvalue weighted by Gasteiger charge is -2.13. The number of carbonyl (C=O) groups excluding carboxylic acids is 1. The number of hydrogen-bond donors (Lipinski definition) is 2. The minimum Gasteiger partial charge on any atom is -0.326 e. The van der Waals surface area contributed by atoms with Crippen molar-refractivity contribution in [2.45, 2.75) is 53.5 Å². The fraction of sp³-hybridized carbons (Fsp3) is 0.346. The Balaban J connectivity index is 1.78. The van der Waals surface area contributed by atoms with Crippen molar-refractivity contribution in [2.75, 3.05) is 11.9 Å². The monoisotopic (exact) mass is 465 g/mol. The van der Waals surface area contributed by atoms with Gasteiger partial charge in [-0.3, -0.25) is 19.8 Å². The first-order chi connectivity index (χ1) is 15.8. The number of nitrogens with one attached hydrogen (secondary N) is 2. The van der Waals surface area contributed by atoms with Crippen LogP contribution in [0.25, 0.3) is 0 Å². The topological polar surface area (TPSA) is 71.3 Å². The van der Waals surface area contributed by atoms with Crippen molar-refractivity contribution in [3.8, 4) is 0 Å². The van der Waals surface area contributed by atoms with E-state index in [1.54, 1.807) is 24.3 Å². The third-order valence-corrected chi connectivity index (χ3v) is 5.89. The molecule has 0 saturated heterocycles. The van der Waals surface area contributed by atoms with Gasteiger partial charge in [-0.05, 0) is 80.6 Å². The Labute approximate surface area is 201 Å². The average molecular weight is 466 g/mol. The quantitative estimate of drug-likeness (QED) is 0.345. The van der Waals surface area contributed by atoms with Gasteiger partial charge >= 0.3 is 0 Å². The highest BCUT2D eigenvalue weighted by atomic mass is 35.5. The van der Waals surface area contributed by atoms with E-state index in [0.717, 1.165) is 30.0 Å². The van der Waals surface area contributed by atoms with Crippen LogP contribution in [0, 0.1) is 13.8 Å². The third-order valence-electron chi connectivity index (χ3n) is 5.64. The summed E-state index contributed by atoms with van der Waals surface area (Å²) in [5.74, 6) is 0.612. The van der Waals surface area contributed by atoms with Gasteiger partial charge in [-0.25, -0.2) is 0 Å². The number of benzene rings is 2. The van der Waals surface area contributed by atoms with E-state index in [1.807, 2.05) is 23.7 Å². The molecule has 0 saturated carbocycles. The van der Waals surface area contributed by atoms with Gasteiger partial charge in [0.2, 0.25) is 5.96 Å². The Morgan fingerprint density at radius 3 is 2.33 bits per heavy atom. The summed E-state index contributed by atoms with van der Waals surface area (Å²) in [6.07, 6.45) is 0.742. The second kappa shape index (κ2) is 11.1. The lowest BCUT2D eigenvalue weighted by molar-refractivity contribution is 0.0977. The van der Waals surface area contributed by atoms with Gasteiger partial charge < -0.3 is 5.32 Å². The van der Waals surface area contributed by atoms with Gasteiger partial charge in [0.1, 0.15) is 0 Å². The maximum Gasteiger partial charge on any atom is 0.257 e. The molecular weight excluding hydrogens is 434 g/mol. The molecule has 174 valence electrons. The highest BCUT2D eigenvalue weighted by molar-refractivity contribution is 6.30. The number of rotatable bonds is 7. The van der Waals surface area contributed by atoms with E-state index in [-0.39, 0.29) is 5.91 Å². The number of halogens is 1. The third kappa shape index (κ3) is 6.45. The zero-order chi connectivity index (χ0) is 24.0. The van der Waals surface area contributed by atoms with Crippen LogP contribution in [0.5, 0.6) is 0 Å². The highest BCUT2D eigenvalue weighted by Crippen LogP contribution is 2.18. The molecule has 0 aliphatic heterocycles. The smallest absolute Gasteiger partial charge is 0.257 e. The summed E-state index contributed by atoms with van der Waals surface area (Å²) >= 11 is 5.95. The van der Waals surface area contributed by atoms with Gasteiger partial charge in [-0.2, -0.15) is 5.10 Å². The molecule has 6 nitrogen and oxygen atoms in total. The van der Waals surface area contributed by atoms with E-state index in [0.29, 0.717) is 29.0 Å². The first-order valence-corrected chi connectivity index (χ1v) is 11.7. The molecule has 3 aromatic rings. The number of aryl methyl sites for hydroxylation is 2. The molecule has 0 bridgehead atoms. The summed E-state index contributed by atoms with van der Waals surface area (Å²) in [6.45, 7) is 11.9. The van der Waals surface area contributed by atoms with E-state index < -0.39 is 0 Å². The van der Waals surface area contributed by atoms with Crippen molar-refractivity contribution in [3.05, 3.63) is 81.6 Å². The molecule has 0 aliphatic rings. The Morgan fingerprint density at radius 1 is 1.09 bits per heavy atom. The van der Waals surface area contributed by atoms with Crippen LogP contribution in [0.2, 0.25) is 5.02 Å². The maximum absolute atomic E-state index is 12.8. The first kappa shape index (κ1) is 24.5. The molecule has 1 amide bonds. The summed E-state index contributed by atoms with van der Waals surface area (Å²) in [7, 11) is 0. The number of aromatic nitrogens is 2. The first-order valence-electron chi connectivity index (χ1n) is 11.3. The predicted octanol–water partition coefficient (Wildman–Crippen LogP) is 5.74. The highest BCUT2D eigenvalue weighted by Gasteiger charge is 2.12. The zero-order valence-corrected chi connectivity index (χ0v) is 20.7.